The molecule has 0 radical (unpaired) electrons. The summed E-state index contributed by atoms with van der Waals surface area (Å²) in [6.07, 6.45) is 2.26. The van der Waals surface area contributed by atoms with Crippen LogP contribution in [0.5, 0.6) is 0 Å². The lowest BCUT2D eigenvalue weighted by Gasteiger charge is -2.06. The first kappa shape index (κ1) is 36.5. The van der Waals surface area contributed by atoms with E-state index in [0.717, 1.165) is 5.69 Å². The van der Waals surface area contributed by atoms with Crippen molar-refractivity contribution in [2.75, 3.05) is 14.2 Å². The number of rotatable bonds is 4. The summed E-state index contributed by atoms with van der Waals surface area (Å²) in [6, 6.07) is 3.90. The van der Waals surface area contributed by atoms with Crippen LogP contribution in [0.1, 0.15) is 81.3 Å². The predicted molar refractivity (Wildman–Crippen MR) is 116 cm³/mol. The molecule has 12 heteroatoms. The van der Waals surface area contributed by atoms with Gasteiger partial charge in [-0.15, -0.1) is 0 Å². The van der Waals surface area contributed by atoms with E-state index in [0.29, 0.717) is 11.4 Å². The average molecular weight is 471 g/mol. The fraction of sp³-hybridized carbons (Fsp3) is 0.524. The Bertz CT molecular complexity index is 876. The molecule has 0 spiro atoms. The van der Waals surface area contributed by atoms with Crippen molar-refractivity contribution >= 4 is 24.2 Å². The fourth-order valence-corrected chi connectivity index (χ4v) is 2.05. The van der Waals surface area contributed by atoms with Gasteiger partial charge in [0.2, 0.25) is 0 Å². The van der Waals surface area contributed by atoms with E-state index in [-0.39, 0.29) is 45.2 Å². The van der Waals surface area contributed by atoms with Crippen LogP contribution < -0.4 is 0 Å². The molecule has 0 saturated heterocycles. The molecule has 0 aliphatic heterocycles. The zero-order valence-electron chi connectivity index (χ0n) is 18.4. The van der Waals surface area contributed by atoms with Crippen LogP contribution in [0.3, 0.4) is 0 Å². The smallest absolute Gasteiger partial charge is 0.373 e. The summed E-state index contributed by atoms with van der Waals surface area (Å²) < 4.78 is 12.6. The number of nitrogens with zero attached hydrogens (tertiary/aromatic N) is 4. The van der Waals surface area contributed by atoms with Crippen LogP contribution in [-0.2, 0) is 28.7 Å². The number of hydrogen-bond donors (Lipinski definition) is 0. The lowest BCUT2D eigenvalue weighted by Crippen LogP contribution is -2.07. The van der Waals surface area contributed by atoms with Crippen LogP contribution in [0.25, 0.3) is 0 Å². The molecule has 0 N–H and O–H groups in total. The number of aromatic nitrogens is 4. The third-order valence-corrected chi connectivity index (χ3v) is 3.34. The van der Waals surface area contributed by atoms with E-state index in [1.165, 1.54) is 14.2 Å². The van der Waals surface area contributed by atoms with Gasteiger partial charge >= 0.3 is 24.2 Å². The SMILES string of the molecule is C.C.COC(=O)c1cc(C)n(C(C)C)n1.COC(=O)c1ccn(C(C)C)n1.O=C=O.O=C=O. The summed E-state index contributed by atoms with van der Waals surface area (Å²) in [5, 5.41) is 8.14. The summed E-state index contributed by atoms with van der Waals surface area (Å²) >= 11 is 0. The summed E-state index contributed by atoms with van der Waals surface area (Å²) in [4.78, 5) is 54.6. The quantitative estimate of drug-likeness (QED) is 0.608. The minimum absolute atomic E-state index is 0. The van der Waals surface area contributed by atoms with Gasteiger partial charge in [-0.05, 0) is 46.8 Å². The minimum Gasteiger partial charge on any atom is -0.464 e. The van der Waals surface area contributed by atoms with Gasteiger partial charge in [0.25, 0.3) is 0 Å². The van der Waals surface area contributed by atoms with E-state index < -0.39 is 5.97 Å². The van der Waals surface area contributed by atoms with Crippen molar-refractivity contribution in [1.82, 2.24) is 19.6 Å². The van der Waals surface area contributed by atoms with Crippen molar-refractivity contribution in [2.24, 2.45) is 0 Å². The van der Waals surface area contributed by atoms with Crippen LogP contribution in [-0.4, -0.2) is 58.0 Å². The van der Waals surface area contributed by atoms with Crippen LogP contribution in [0.15, 0.2) is 18.3 Å². The first-order valence-electron chi connectivity index (χ1n) is 8.80. The normalized spacial score (nSPS) is 8.39. The van der Waals surface area contributed by atoms with E-state index in [9.17, 15) is 9.59 Å². The van der Waals surface area contributed by atoms with Crippen LogP contribution in [0.4, 0.5) is 0 Å². The maximum Gasteiger partial charge on any atom is 0.373 e. The summed E-state index contributed by atoms with van der Waals surface area (Å²) in [5.41, 5.74) is 1.69. The number of aryl methyl sites for hydroxylation is 1. The van der Waals surface area contributed by atoms with E-state index in [1.807, 2.05) is 34.6 Å². The third-order valence-electron chi connectivity index (χ3n) is 3.34. The van der Waals surface area contributed by atoms with Gasteiger partial charge in [0.15, 0.2) is 11.4 Å². The molecule has 0 saturated carbocycles. The molecular weight excluding hydrogens is 436 g/mol. The topological polar surface area (TPSA) is 157 Å². The molecule has 2 rings (SSSR count). The van der Waals surface area contributed by atoms with Gasteiger partial charge in [0.05, 0.1) is 14.2 Å². The van der Waals surface area contributed by atoms with Crippen LogP contribution in [0.2, 0.25) is 0 Å². The van der Waals surface area contributed by atoms with Crippen molar-refractivity contribution in [3.63, 3.8) is 0 Å². The maximum absolute atomic E-state index is 11.1. The predicted octanol–water partition coefficient (Wildman–Crippen LogP) is 2.91. The van der Waals surface area contributed by atoms with Crippen molar-refractivity contribution < 1.29 is 38.2 Å². The Morgan fingerprint density at radius 3 is 1.58 bits per heavy atom. The fourth-order valence-electron chi connectivity index (χ4n) is 2.05. The molecule has 0 bridgehead atoms. The highest BCUT2D eigenvalue weighted by Crippen LogP contribution is 2.10. The molecule has 0 atom stereocenters. The molecule has 0 unspecified atom stereocenters. The number of methoxy groups -OCH3 is 2. The maximum atomic E-state index is 11.1. The highest BCUT2D eigenvalue weighted by atomic mass is 16.5. The molecule has 186 valence electrons. The molecule has 0 aromatic carbocycles. The molecule has 33 heavy (non-hydrogen) atoms. The highest BCUT2D eigenvalue weighted by Gasteiger charge is 2.13. The largest absolute Gasteiger partial charge is 0.464 e. The number of carbonyl (C=O) groups excluding carboxylic acids is 6. The van der Waals surface area contributed by atoms with Gasteiger partial charge < -0.3 is 9.47 Å². The van der Waals surface area contributed by atoms with Gasteiger partial charge in [-0.3, -0.25) is 9.36 Å². The van der Waals surface area contributed by atoms with Gasteiger partial charge in [-0.1, -0.05) is 14.9 Å². The standard InChI is InChI=1S/C9H14N2O2.C8H12N2O2.2CO2.2CH4/c1-6(2)11-7(3)5-8(10-11)9(12)13-4;1-6(2)10-5-4-7(9-10)8(11)12-3;2*2-1-3;;/h5-6H,1-4H3;4-6H,1-3H3;;;2*1H4. The molecular formula is C21H34N4O8. The first-order valence-corrected chi connectivity index (χ1v) is 8.80. The Morgan fingerprint density at radius 2 is 1.27 bits per heavy atom. The lowest BCUT2D eigenvalue weighted by atomic mass is 10.3. The van der Waals surface area contributed by atoms with Crippen LogP contribution >= 0.6 is 0 Å². The Balaban J connectivity index is -0.000000196. The van der Waals surface area contributed by atoms with Crippen molar-refractivity contribution in [1.29, 1.82) is 0 Å². The Labute approximate surface area is 193 Å². The Kier molecular flexibility index (Phi) is 22.2. The number of hydrogen-bond acceptors (Lipinski definition) is 10. The van der Waals surface area contributed by atoms with Crippen LogP contribution in [0, 0.1) is 6.92 Å². The van der Waals surface area contributed by atoms with E-state index in [2.05, 4.69) is 19.7 Å². The van der Waals surface area contributed by atoms with E-state index in [1.54, 1.807) is 27.7 Å². The highest BCUT2D eigenvalue weighted by molar-refractivity contribution is 5.87. The lowest BCUT2D eigenvalue weighted by molar-refractivity contribution is -0.193. The molecule has 2 aromatic rings. The third kappa shape index (κ3) is 13.9. The molecule has 2 heterocycles. The zero-order valence-corrected chi connectivity index (χ0v) is 18.4. The summed E-state index contributed by atoms with van der Waals surface area (Å²) in [6.45, 7) is 9.93. The van der Waals surface area contributed by atoms with Gasteiger partial charge in [0, 0.05) is 24.0 Å². The summed E-state index contributed by atoms with van der Waals surface area (Å²) in [7, 11) is 2.70. The number of carbonyl (C=O) groups is 2. The molecule has 0 amide bonds. The monoisotopic (exact) mass is 470 g/mol. The second-order valence-electron chi connectivity index (χ2n) is 6.13. The average Bonchev–Trinajstić information content (AvgIpc) is 3.36. The molecule has 12 nitrogen and oxygen atoms in total. The molecule has 0 aliphatic carbocycles. The second kappa shape index (κ2) is 20.0. The molecule has 0 aliphatic rings. The van der Waals surface area contributed by atoms with E-state index >= 15 is 0 Å². The number of esters is 2. The Hall–Kier alpha value is -3.88. The van der Waals surface area contributed by atoms with E-state index in [4.69, 9.17) is 19.2 Å². The van der Waals surface area contributed by atoms with Gasteiger partial charge in [0.1, 0.15) is 0 Å². The molecule has 0 fully saturated rings. The molecule has 2 aromatic heterocycles. The number of ether oxygens (including phenoxy) is 2. The van der Waals surface area contributed by atoms with Gasteiger partial charge in [-0.2, -0.15) is 29.4 Å². The van der Waals surface area contributed by atoms with Crippen molar-refractivity contribution in [3.8, 4) is 0 Å². The van der Waals surface area contributed by atoms with Crippen molar-refractivity contribution in [2.45, 2.75) is 61.6 Å². The summed E-state index contributed by atoms with van der Waals surface area (Å²) in [5.74, 6) is -0.781. The van der Waals surface area contributed by atoms with Crippen molar-refractivity contribution in [3.05, 3.63) is 35.4 Å². The minimum atomic E-state index is -0.394. The van der Waals surface area contributed by atoms with Gasteiger partial charge in [-0.25, -0.2) is 9.59 Å². The first-order chi connectivity index (χ1) is 14.5. The second-order valence-corrected chi connectivity index (χ2v) is 6.13. The Morgan fingerprint density at radius 1 is 0.848 bits per heavy atom. The zero-order chi connectivity index (χ0) is 24.6.